The molecule has 8 heteroatoms. The lowest BCUT2D eigenvalue weighted by Gasteiger charge is -2.28. The minimum absolute atomic E-state index is 0.0420. The zero-order valence-electron chi connectivity index (χ0n) is 13.3. The highest BCUT2D eigenvalue weighted by Gasteiger charge is 2.21. The van der Waals surface area contributed by atoms with E-state index in [2.05, 4.69) is 26.2 Å². The number of anilines is 1. The second kappa shape index (κ2) is 7.33. The molecule has 1 fully saturated rings. The Balaban J connectivity index is 1.68. The van der Waals surface area contributed by atoms with Crippen molar-refractivity contribution >= 4 is 27.7 Å². The summed E-state index contributed by atoms with van der Waals surface area (Å²) >= 11 is 3.40. The monoisotopic (exact) mass is 394 g/mol. The van der Waals surface area contributed by atoms with Crippen molar-refractivity contribution in [1.82, 2.24) is 14.8 Å². The zero-order chi connectivity index (χ0) is 17.1. The average Bonchev–Trinajstić information content (AvgIpc) is 2.60. The van der Waals surface area contributed by atoms with Gasteiger partial charge in [0.2, 0.25) is 0 Å². The number of ether oxygens (including phenoxy) is 1. The first-order valence-electron chi connectivity index (χ1n) is 7.63. The third-order valence-corrected chi connectivity index (χ3v) is 4.30. The number of aliphatic hydroxyl groups excluding tert-OH is 1. The molecule has 2 aliphatic rings. The van der Waals surface area contributed by atoms with Gasteiger partial charge in [-0.05, 0) is 34.1 Å². The van der Waals surface area contributed by atoms with Crippen molar-refractivity contribution in [2.24, 2.45) is 0 Å². The van der Waals surface area contributed by atoms with E-state index in [1.54, 1.807) is 47.5 Å². The molecule has 7 nitrogen and oxygen atoms in total. The van der Waals surface area contributed by atoms with Gasteiger partial charge in [-0.3, -0.25) is 4.79 Å². The number of nitrogens with one attached hydrogen (secondary N) is 1. The van der Waals surface area contributed by atoms with Gasteiger partial charge in [-0.1, -0.05) is 0 Å². The highest BCUT2D eigenvalue weighted by atomic mass is 79.9. The lowest BCUT2D eigenvalue weighted by Crippen LogP contribution is -2.40. The van der Waals surface area contributed by atoms with Crippen molar-refractivity contribution in [3.05, 3.63) is 46.3 Å². The van der Waals surface area contributed by atoms with Crippen LogP contribution < -0.4 is 5.32 Å². The second-order valence-corrected chi connectivity index (χ2v) is 6.53. The minimum atomic E-state index is -0.775. The Morgan fingerprint density at radius 1 is 1.42 bits per heavy atom. The summed E-state index contributed by atoms with van der Waals surface area (Å²) in [7, 11) is 1.78. The Labute approximate surface area is 148 Å². The van der Waals surface area contributed by atoms with Gasteiger partial charge in [0.15, 0.2) is 6.23 Å². The average molecular weight is 395 g/mol. The molecule has 2 aliphatic heterocycles. The molecule has 1 aromatic rings. The van der Waals surface area contributed by atoms with Crippen LogP contribution in [0.1, 0.15) is 10.4 Å². The van der Waals surface area contributed by atoms with Crippen molar-refractivity contribution in [2.45, 2.75) is 6.23 Å². The molecular formula is C16H19BrN4O3. The molecule has 1 aromatic heterocycles. The minimum Gasteiger partial charge on any atom is -0.378 e. The van der Waals surface area contributed by atoms with Gasteiger partial charge < -0.3 is 25.0 Å². The first-order chi connectivity index (χ1) is 11.5. The van der Waals surface area contributed by atoms with Gasteiger partial charge in [0.1, 0.15) is 5.82 Å². The summed E-state index contributed by atoms with van der Waals surface area (Å²) in [6, 6.07) is 3.46. The van der Waals surface area contributed by atoms with Crippen LogP contribution in [0.3, 0.4) is 0 Å². The van der Waals surface area contributed by atoms with Gasteiger partial charge >= 0.3 is 0 Å². The van der Waals surface area contributed by atoms with E-state index in [0.29, 0.717) is 43.4 Å². The van der Waals surface area contributed by atoms with E-state index in [0.717, 1.165) is 4.48 Å². The Kier molecular flexibility index (Phi) is 5.17. The molecule has 0 bridgehead atoms. The number of nitrogens with zero attached hydrogens (tertiary/aromatic N) is 3. The van der Waals surface area contributed by atoms with Crippen LogP contribution in [-0.2, 0) is 4.74 Å². The van der Waals surface area contributed by atoms with Crippen LogP contribution in [0.2, 0.25) is 0 Å². The van der Waals surface area contributed by atoms with Crippen molar-refractivity contribution in [2.75, 3.05) is 38.7 Å². The number of carbonyl (C=O) groups is 1. The van der Waals surface area contributed by atoms with Gasteiger partial charge in [-0.2, -0.15) is 0 Å². The topological polar surface area (TPSA) is 77.9 Å². The molecule has 0 aromatic carbocycles. The molecule has 0 saturated carbocycles. The number of morpholine rings is 1. The molecule has 1 unspecified atom stereocenters. The largest absolute Gasteiger partial charge is 0.378 e. The van der Waals surface area contributed by atoms with E-state index in [4.69, 9.17) is 4.74 Å². The van der Waals surface area contributed by atoms with Crippen molar-refractivity contribution in [3.63, 3.8) is 0 Å². The number of aromatic nitrogens is 1. The number of allylic oxidation sites excluding steroid dienone is 2. The summed E-state index contributed by atoms with van der Waals surface area (Å²) in [5.41, 5.74) is 1.14. The third-order valence-electron chi connectivity index (χ3n) is 3.87. The van der Waals surface area contributed by atoms with E-state index in [9.17, 15) is 9.90 Å². The molecule has 24 heavy (non-hydrogen) atoms. The third kappa shape index (κ3) is 3.77. The highest BCUT2D eigenvalue weighted by Crippen LogP contribution is 2.22. The fourth-order valence-corrected chi connectivity index (χ4v) is 3.11. The number of pyridine rings is 1. The van der Waals surface area contributed by atoms with Crippen LogP contribution in [0.5, 0.6) is 0 Å². The summed E-state index contributed by atoms with van der Waals surface area (Å²) < 4.78 is 6.10. The van der Waals surface area contributed by atoms with Crippen molar-refractivity contribution in [3.8, 4) is 0 Å². The summed E-state index contributed by atoms with van der Waals surface area (Å²) in [6.07, 6.45) is 4.35. The van der Waals surface area contributed by atoms with E-state index in [1.165, 1.54) is 0 Å². The number of hydrogen-bond acceptors (Lipinski definition) is 6. The molecule has 2 N–H and O–H groups in total. The lowest BCUT2D eigenvalue weighted by atomic mass is 10.2. The first kappa shape index (κ1) is 16.9. The molecule has 0 spiro atoms. The van der Waals surface area contributed by atoms with E-state index in [1.807, 2.05) is 0 Å². The SMILES string of the molecule is CN1C=C(Br)C=C(Nc2ccc(C(=O)N3CCOCC3)cn2)C1O. The normalized spacial score (nSPS) is 21.2. The van der Waals surface area contributed by atoms with Gasteiger partial charge in [0.25, 0.3) is 5.91 Å². The van der Waals surface area contributed by atoms with Crippen LogP contribution >= 0.6 is 15.9 Å². The number of amides is 1. The summed E-state index contributed by atoms with van der Waals surface area (Å²) in [5.74, 6) is 0.522. The lowest BCUT2D eigenvalue weighted by molar-refractivity contribution is 0.0302. The number of likely N-dealkylation sites (N-methyl/N-ethyl adjacent to an activating group) is 1. The van der Waals surface area contributed by atoms with Gasteiger partial charge in [-0.25, -0.2) is 4.98 Å². The Hall–Kier alpha value is -1.90. The molecule has 0 radical (unpaired) electrons. The fraction of sp³-hybridized carbons (Fsp3) is 0.375. The van der Waals surface area contributed by atoms with Crippen LogP contribution in [0.25, 0.3) is 0 Å². The Morgan fingerprint density at radius 2 is 2.17 bits per heavy atom. The maximum atomic E-state index is 12.4. The second-order valence-electron chi connectivity index (χ2n) is 5.61. The summed E-state index contributed by atoms with van der Waals surface area (Å²) in [4.78, 5) is 20.1. The quantitative estimate of drug-likeness (QED) is 0.805. The molecular weight excluding hydrogens is 376 g/mol. The number of aliphatic hydroxyl groups is 1. The maximum absolute atomic E-state index is 12.4. The van der Waals surface area contributed by atoms with E-state index in [-0.39, 0.29) is 5.91 Å². The van der Waals surface area contributed by atoms with Crippen LogP contribution in [0, 0.1) is 0 Å². The standard InChI is InChI=1S/C16H19BrN4O3/c1-20-10-12(17)8-13(16(20)23)19-14-3-2-11(9-18-14)15(22)21-4-6-24-7-5-21/h2-3,8-10,16,23H,4-7H2,1H3,(H,18,19). The van der Waals surface area contributed by atoms with Crippen LogP contribution in [0.15, 0.2) is 40.8 Å². The smallest absolute Gasteiger partial charge is 0.255 e. The Bertz CT molecular complexity index is 668. The van der Waals surface area contributed by atoms with Gasteiger partial charge in [0, 0.05) is 37.0 Å². The molecule has 3 heterocycles. The van der Waals surface area contributed by atoms with E-state index < -0.39 is 6.23 Å². The molecule has 0 aliphatic carbocycles. The van der Waals surface area contributed by atoms with E-state index >= 15 is 0 Å². The predicted molar refractivity (Wildman–Crippen MR) is 93.4 cm³/mol. The number of carbonyl (C=O) groups excluding carboxylic acids is 1. The Morgan fingerprint density at radius 3 is 2.83 bits per heavy atom. The van der Waals surface area contributed by atoms with Crippen molar-refractivity contribution in [1.29, 1.82) is 0 Å². The van der Waals surface area contributed by atoms with Crippen LogP contribution in [0.4, 0.5) is 5.82 Å². The fourth-order valence-electron chi connectivity index (χ4n) is 2.54. The number of hydrogen-bond donors (Lipinski definition) is 2. The molecule has 1 amide bonds. The molecule has 3 rings (SSSR count). The highest BCUT2D eigenvalue weighted by molar-refractivity contribution is 9.11. The molecule has 1 atom stereocenters. The zero-order valence-corrected chi connectivity index (χ0v) is 14.9. The van der Waals surface area contributed by atoms with Gasteiger partial charge in [-0.15, -0.1) is 0 Å². The summed E-state index contributed by atoms with van der Waals surface area (Å²) in [5, 5.41) is 13.2. The molecule has 128 valence electrons. The van der Waals surface area contributed by atoms with Gasteiger partial charge in [0.05, 0.1) is 24.5 Å². The predicted octanol–water partition coefficient (Wildman–Crippen LogP) is 1.35. The number of halogens is 1. The van der Waals surface area contributed by atoms with Crippen molar-refractivity contribution < 1.29 is 14.6 Å². The first-order valence-corrected chi connectivity index (χ1v) is 8.43. The number of rotatable bonds is 3. The van der Waals surface area contributed by atoms with Crippen LogP contribution in [-0.4, -0.2) is 65.4 Å². The maximum Gasteiger partial charge on any atom is 0.255 e. The molecule has 1 saturated heterocycles. The summed E-state index contributed by atoms with van der Waals surface area (Å²) in [6.45, 7) is 2.34.